The fourth-order valence-corrected chi connectivity index (χ4v) is 0.481. The smallest absolute Gasteiger partial charge is 0.290 e. The molecule has 0 rings (SSSR count). The van der Waals surface area contributed by atoms with E-state index in [4.69, 9.17) is 15.0 Å². The molecule has 0 saturated carbocycles. The summed E-state index contributed by atoms with van der Waals surface area (Å²) in [6.07, 6.45) is 4.45. The van der Waals surface area contributed by atoms with Gasteiger partial charge in [0.2, 0.25) is 0 Å². The number of carboxylic acid groups (broad SMARTS) is 1. The van der Waals surface area contributed by atoms with E-state index in [0.717, 1.165) is 0 Å². The third-order valence-electron chi connectivity index (χ3n) is 0.877. The largest absolute Gasteiger partial charge is 0.483 e. The third-order valence-corrected chi connectivity index (χ3v) is 0.877. The highest BCUT2D eigenvalue weighted by Crippen LogP contribution is 1.96. The lowest BCUT2D eigenvalue weighted by molar-refractivity contribution is -0.122. The molecule has 64 valence electrons. The predicted molar refractivity (Wildman–Crippen MR) is 44.3 cm³/mol. The summed E-state index contributed by atoms with van der Waals surface area (Å²) in [5.41, 5.74) is 0. The van der Waals surface area contributed by atoms with Gasteiger partial charge in [0.15, 0.2) is 0 Å². The minimum atomic E-state index is -0.273. The molecule has 0 radical (unpaired) electrons. The Balaban J connectivity index is 0. The van der Waals surface area contributed by atoms with Gasteiger partial charge in [-0.2, -0.15) is 0 Å². The number of aliphatic hydroxyl groups excluding tert-OH is 1. The average molecular weight is 158 g/mol. The summed E-state index contributed by atoms with van der Waals surface area (Å²) < 4.78 is 0. The standard InChI is InChI=1S/C7H12O.CH2O2/c1-3-5-7(8)6-4-2;2-1-3/h3-4,7-8H,1-2,5-6H2;1H,(H,2,3). The van der Waals surface area contributed by atoms with E-state index in [1.54, 1.807) is 12.2 Å². The highest BCUT2D eigenvalue weighted by molar-refractivity contribution is 5.32. The molecule has 0 aliphatic heterocycles. The van der Waals surface area contributed by atoms with Gasteiger partial charge in [-0.05, 0) is 12.8 Å². The highest BCUT2D eigenvalue weighted by Gasteiger charge is 1.94. The lowest BCUT2D eigenvalue weighted by Crippen LogP contribution is -2.01. The number of hydrogen-bond donors (Lipinski definition) is 2. The van der Waals surface area contributed by atoms with Gasteiger partial charge in [-0.25, -0.2) is 0 Å². The Bertz CT molecular complexity index is 99.9. The van der Waals surface area contributed by atoms with E-state index in [1.165, 1.54) is 0 Å². The van der Waals surface area contributed by atoms with Crippen molar-refractivity contribution in [3.05, 3.63) is 25.3 Å². The first-order valence-corrected chi connectivity index (χ1v) is 3.20. The van der Waals surface area contributed by atoms with Gasteiger partial charge in [0.25, 0.3) is 6.47 Å². The molecular formula is C8H14O3. The van der Waals surface area contributed by atoms with Crippen LogP contribution in [0.1, 0.15) is 12.8 Å². The van der Waals surface area contributed by atoms with Crippen LogP contribution in [-0.4, -0.2) is 22.8 Å². The van der Waals surface area contributed by atoms with Crippen LogP contribution in [0, 0.1) is 0 Å². The van der Waals surface area contributed by atoms with Crippen molar-refractivity contribution in [2.75, 3.05) is 0 Å². The Morgan fingerprint density at radius 1 is 1.27 bits per heavy atom. The van der Waals surface area contributed by atoms with E-state index in [9.17, 15) is 0 Å². The molecule has 0 aliphatic carbocycles. The lowest BCUT2D eigenvalue weighted by atomic mass is 10.2. The van der Waals surface area contributed by atoms with Crippen molar-refractivity contribution in [2.45, 2.75) is 18.9 Å². The summed E-state index contributed by atoms with van der Waals surface area (Å²) in [6.45, 7) is 6.73. The van der Waals surface area contributed by atoms with E-state index in [1.807, 2.05) is 0 Å². The SMILES string of the molecule is C=CCC(O)CC=C.O=CO. The Kier molecular flexibility index (Phi) is 13.3. The van der Waals surface area contributed by atoms with Crippen LogP contribution < -0.4 is 0 Å². The number of hydrogen-bond acceptors (Lipinski definition) is 2. The lowest BCUT2D eigenvalue weighted by Gasteiger charge is -2.00. The zero-order valence-electron chi connectivity index (χ0n) is 6.44. The monoisotopic (exact) mass is 158 g/mol. The van der Waals surface area contributed by atoms with Crippen LogP contribution in [-0.2, 0) is 4.79 Å². The molecule has 0 heterocycles. The molecule has 0 amide bonds. The third kappa shape index (κ3) is 17.6. The van der Waals surface area contributed by atoms with Gasteiger partial charge in [0.1, 0.15) is 0 Å². The number of rotatable bonds is 4. The fourth-order valence-electron chi connectivity index (χ4n) is 0.481. The first kappa shape index (κ1) is 12.6. The van der Waals surface area contributed by atoms with Crippen molar-refractivity contribution < 1.29 is 15.0 Å². The summed E-state index contributed by atoms with van der Waals surface area (Å²) >= 11 is 0. The molecule has 0 saturated heterocycles. The van der Waals surface area contributed by atoms with Crippen molar-refractivity contribution in [1.82, 2.24) is 0 Å². The quantitative estimate of drug-likeness (QED) is 0.477. The number of aliphatic hydroxyl groups is 1. The molecular weight excluding hydrogens is 144 g/mol. The van der Waals surface area contributed by atoms with Gasteiger partial charge in [0, 0.05) is 0 Å². The molecule has 0 aromatic carbocycles. The highest BCUT2D eigenvalue weighted by atomic mass is 16.3. The van der Waals surface area contributed by atoms with E-state index in [0.29, 0.717) is 12.8 Å². The van der Waals surface area contributed by atoms with Crippen molar-refractivity contribution in [1.29, 1.82) is 0 Å². The molecule has 0 unspecified atom stereocenters. The minimum Gasteiger partial charge on any atom is -0.483 e. The van der Waals surface area contributed by atoms with Gasteiger partial charge in [-0.1, -0.05) is 12.2 Å². The summed E-state index contributed by atoms with van der Waals surface area (Å²) in [5, 5.41) is 15.8. The second-order valence-electron chi connectivity index (χ2n) is 1.81. The van der Waals surface area contributed by atoms with Gasteiger partial charge in [0.05, 0.1) is 6.10 Å². The Morgan fingerprint density at radius 3 is 1.73 bits per heavy atom. The molecule has 0 fully saturated rings. The molecule has 0 spiro atoms. The summed E-state index contributed by atoms with van der Waals surface area (Å²) in [5.74, 6) is 0. The second-order valence-corrected chi connectivity index (χ2v) is 1.81. The van der Waals surface area contributed by atoms with E-state index in [-0.39, 0.29) is 12.6 Å². The molecule has 0 aliphatic rings. The Morgan fingerprint density at radius 2 is 1.55 bits per heavy atom. The van der Waals surface area contributed by atoms with Crippen LogP contribution in [0.5, 0.6) is 0 Å². The molecule has 0 atom stereocenters. The van der Waals surface area contributed by atoms with Crippen LogP contribution in [0.15, 0.2) is 25.3 Å². The zero-order valence-corrected chi connectivity index (χ0v) is 6.44. The molecule has 11 heavy (non-hydrogen) atoms. The summed E-state index contributed by atoms with van der Waals surface area (Å²) in [7, 11) is 0. The average Bonchev–Trinajstić information content (AvgIpc) is 1.90. The van der Waals surface area contributed by atoms with Crippen LogP contribution in [0.4, 0.5) is 0 Å². The van der Waals surface area contributed by atoms with Gasteiger partial charge < -0.3 is 10.2 Å². The van der Waals surface area contributed by atoms with Crippen LogP contribution >= 0.6 is 0 Å². The van der Waals surface area contributed by atoms with Crippen molar-refractivity contribution in [3.63, 3.8) is 0 Å². The molecule has 3 heteroatoms. The fraction of sp³-hybridized carbons (Fsp3) is 0.375. The topological polar surface area (TPSA) is 57.5 Å². The maximum absolute atomic E-state index is 8.91. The Labute approximate surface area is 66.7 Å². The maximum atomic E-state index is 8.91. The van der Waals surface area contributed by atoms with E-state index in [2.05, 4.69) is 13.2 Å². The van der Waals surface area contributed by atoms with E-state index >= 15 is 0 Å². The van der Waals surface area contributed by atoms with Gasteiger partial charge in [-0.15, -0.1) is 13.2 Å². The van der Waals surface area contributed by atoms with E-state index < -0.39 is 0 Å². The van der Waals surface area contributed by atoms with Crippen LogP contribution in [0.3, 0.4) is 0 Å². The number of carbonyl (C=O) groups is 1. The Hall–Kier alpha value is -1.09. The maximum Gasteiger partial charge on any atom is 0.290 e. The summed E-state index contributed by atoms with van der Waals surface area (Å²) in [6, 6.07) is 0. The summed E-state index contributed by atoms with van der Waals surface area (Å²) in [4.78, 5) is 8.36. The van der Waals surface area contributed by atoms with Crippen molar-refractivity contribution >= 4 is 6.47 Å². The zero-order chi connectivity index (χ0) is 9.11. The van der Waals surface area contributed by atoms with Crippen molar-refractivity contribution in [3.8, 4) is 0 Å². The van der Waals surface area contributed by atoms with Crippen molar-refractivity contribution in [2.24, 2.45) is 0 Å². The molecule has 0 aromatic rings. The molecule has 0 bridgehead atoms. The second kappa shape index (κ2) is 11.7. The predicted octanol–water partition coefficient (Wildman–Crippen LogP) is 1.20. The molecule has 3 nitrogen and oxygen atoms in total. The molecule has 0 aromatic heterocycles. The van der Waals surface area contributed by atoms with Gasteiger partial charge >= 0.3 is 0 Å². The van der Waals surface area contributed by atoms with Crippen LogP contribution in [0.2, 0.25) is 0 Å². The van der Waals surface area contributed by atoms with Gasteiger partial charge in [-0.3, -0.25) is 4.79 Å². The first-order valence-electron chi connectivity index (χ1n) is 3.20. The molecule has 2 N–H and O–H groups in total. The minimum absolute atomic E-state index is 0.250. The first-order chi connectivity index (χ1) is 5.22. The normalized spacial score (nSPS) is 7.82. The van der Waals surface area contributed by atoms with Crippen LogP contribution in [0.25, 0.3) is 0 Å².